The molecular formula is C20H22ClN5O5S3. The van der Waals surface area contributed by atoms with Crippen molar-refractivity contribution in [2.75, 3.05) is 38.6 Å². The second-order valence-corrected chi connectivity index (χ2v) is 12.9. The molecule has 1 aliphatic rings. The number of non-ortho nitro benzene ring substituents is 1. The lowest BCUT2D eigenvalue weighted by Gasteiger charge is -2.29. The highest BCUT2D eigenvalue weighted by Gasteiger charge is 2.42. The number of nitro benzene ring substituents is 1. The highest BCUT2D eigenvalue weighted by Crippen LogP contribution is 2.35. The van der Waals surface area contributed by atoms with Gasteiger partial charge in [-0.25, -0.2) is 13.4 Å². The molecule has 182 valence electrons. The Morgan fingerprint density at radius 2 is 2.03 bits per heavy atom. The molecule has 1 unspecified atom stereocenters. The number of aromatic nitrogens is 1. The first-order valence-electron chi connectivity index (χ1n) is 10.4. The van der Waals surface area contributed by atoms with Crippen LogP contribution in [0.2, 0.25) is 4.34 Å². The van der Waals surface area contributed by atoms with Crippen LogP contribution in [0.25, 0.3) is 10.2 Å². The number of nitrogens with zero attached hydrogens (tertiary/aromatic N) is 5. The number of anilines is 1. The second kappa shape index (κ2) is 9.84. The van der Waals surface area contributed by atoms with Gasteiger partial charge >= 0.3 is 0 Å². The maximum absolute atomic E-state index is 13.7. The Balaban J connectivity index is 1.68. The lowest BCUT2D eigenvalue weighted by atomic mass is 10.2. The summed E-state index contributed by atoms with van der Waals surface area (Å²) in [6.45, 7) is 1.06. The molecule has 0 N–H and O–H groups in total. The number of sulfonamides is 1. The number of amides is 1. The monoisotopic (exact) mass is 543 g/mol. The number of thiazole rings is 1. The number of carbonyl (C=O) groups excluding carboxylic acids is 1. The van der Waals surface area contributed by atoms with E-state index in [1.165, 1.54) is 44.8 Å². The van der Waals surface area contributed by atoms with Crippen molar-refractivity contribution in [3.05, 3.63) is 44.8 Å². The molecule has 1 aliphatic heterocycles. The van der Waals surface area contributed by atoms with Gasteiger partial charge in [-0.05, 0) is 45.1 Å². The Morgan fingerprint density at radius 3 is 2.68 bits per heavy atom. The van der Waals surface area contributed by atoms with Gasteiger partial charge in [-0.3, -0.25) is 19.8 Å². The third-order valence-corrected chi connectivity index (χ3v) is 10.1. The van der Waals surface area contributed by atoms with E-state index in [0.29, 0.717) is 45.6 Å². The first-order valence-corrected chi connectivity index (χ1v) is 13.8. The molecule has 0 aliphatic carbocycles. The van der Waals surface area contributed by atoms with E-state index in [4.69, 9.17) is 11.6 Å². The fourth-order valence-electron chi connectivity index (χ4n) is 3.74. The summed E-state index contributed by atoms with van der Waals surface area (Å²) < 4.78 is 28.8. The molecule has 34 heavy (non-hydrogen) atoms. The highest BCUT2D eigenvalue weighted by molar-refractivity contribution is 7.91. The van der Waals surface area contributed by atoms with Crippen LogP contribution in [0.1, 0.15) is 12.8 Å². The van der Waals surface area contributed by atoms with Crippen LogP contribution >= 0.6 is 34.3 Å². The number of hydrogen-bond donors (Lipinski definition) is 0. The van der Waals surface area contributed by atoms with E-state index in [1.807, 2.05) is 19.0 Å². The minimum Gasteiger partial charge on any atom is -0.308 e. The van der Waals surface area contributed by atoms with Crippen molar-refractivity contribution in [2.24, 2.45) is 0 Å². The lowest BCUT2D eigenvalue weighted by molar-refractivity contribution is -0.384. The predicted molar refractivity (Wildman–Crippen MR) is 133 cm³/mol. The Morgan fingerprint density at radius 1 is 1.26 bits per heavy atom. The first kappa shape index (κ1) is 24.9. The molecule has 0 saturated carbocycles. The molecule has 10 nitrogen and oxygen atoms in total. The summed E-state index contributed by atoms with van der Waals surface area (Å²) in [7, 11) is -0.137. The van der Waals surface area contributed by atoms with Gasteiger partial charge in [0.1, 0.15) is 10.3 Å². The number of rotatable bonds is 8. The van der Waals surface area contributed by atoms with Crippen LogP contribution in [0.5, 0.6) is 0 Å². The minimum absolute atomic E-state index is 0.0588. The molecule has 3 aromatic rings. The quantitative estimate of drug-likeness (QED) is 0.314. The van der Waals surface area contributed by atoms with Crippen LogP contribution in [0.15, 0.2) is 34.5 Å². The smallest absolute Gasteiger partial charge is 0.270 e. The summed E-state index contributed by atoms with van der Waals surface area (Å²) in [5.41, 5.74) is 0.480. The van der Waals surface area contributed by atoms with Crippen molar-refractivity contribution in [1.29, 1.82) is 0 Å². The molecule has 14 heteroatoms. The minimum atomic E-state index is -3.88. The number of halogens is 1. The number of likely N-dealkylation sites (N-methyl/N-ethyl adjacent to an activating group) is 1. The first-order chi connectivity index (χ1) is 16.1. The van der Waals surface area contributed by atoms with Crippen molar-refractivity contribution < 1.29 is 18.1 Å². The summed E-state index contributed by atoms with van der Waals surface area (Å²) >= 11 is 8.08. The zero-order valence-electron chi connectivity index (χ0n) is 18.4. The Labute approximate surface area is 209 Å². The van der Waals surface area contributed by atoms with Gasteiger partial charge in [-0.2, -0.15) is 4.31 Å². The SMILES string of the molecule is CN(C)CCN(C(=O)C1CCCN1S(=O)(=O)c1ccc(Cl)s1)c1nc2ccc([N+](=O)[O-])cc2s1. The van der Waals surface area contributed by atoms with Gasteiger partial charge in [0.05, 0.1) is 19.5 Å². The van der Waals surface area contributed by atoms with Crippen LogP contribution in [0, 0.1) is 10.1 Å². The standard InChI is InChI=1S/C20H22ClN5O5S3/c1-23(2)10-11-24(20-22-14-6-5-13(26(28)29)12-16(14)32-20)19(27)15-4-3-9-25(15)34(30,31)18-8-7-17(21)33-18/h5-8,12,15H,3-4,9-11H2,1-2H3. The summed E-state index contributed by atoms with van der Waals surface area (Å²) in [5, 5.41) is 11.5. The van der Waals surface area contributed by atoms with E-state index in [1.54, 1.807) is 6.07 Å². The molecule has 1 amide bonds. The third-order valence-electron chi connectivity index (χ3n) is 5.44. The van der Waals surface area contributed by atoms with Gasteiger partial charge in [-0.1, -0.05) is 22.9 Å². The number of hydrogen-bond acceptors (Lipinski definition) is 9. The summed E-state index contributed by atoms with van der Waals surface area (Å²) in [6, 6.07) is 6.46. The molecular weight excluding hydrogens is 522 g/mol. The molecule has 0 radical (unpaired) electrons. The summed E-state index contributed by atoms with van der Waals surface area (Å²) in [4.78, 5) is 32.3. The average molecular weight is 544 g/mol. The molecule has 4 rings (SSSR count). The predicted octanol–water partition coefficient (Wildman–Crippen LogP) is 3.67. The number of benzene rings is 1. The number of carbonyl (C=O) groups is 1. The Bertz CT molecular complexity index is 1340. The van der Waals surface area contributed by atoms with Crippen molar-refractivity contribution in [3.63, 3.8) is 0 Å². The van der Waals surface area contributed by atoms with Crippen LogP contribution < -0.4 is 4.90 Å². The van der Waals surface area contributed by atoms with Crippen molar-refractivity contribution in [1.82, 2.24) is 14.2 Å². The van der Waals surface area contributed by atoms with Gasteiger partial charge < -0.3 is 4.90 Å². The third kappa shape index (κ3) is 4.95. The molecule has 3 heterocycles. The number of thiophene rings is 1. The number of fused-ring (bicyclic) bond motifs is 1. The van der Waals surface area contributed by atoms with Crippen molar-refractivity contribution >= 4 is 71.2 Å². The van der Waals surface area contributed by atoms with Crippen molar-refractivity contribution in [3.8, 4) is 0 Å². The second-order valence-electron chi connectivity index (χ2n) is 8.03. The lowest BCUT2D eigenvalue weighted by Crippen LogP contribution is -2.49. The molecule has 0 bridgehead atoms. The Kier molecular flexibility index (Phi) is 7.22. The largest absolute Gasteiger partial charge is 0.308 e. The van der Waals surface area contributed by atoms with Gasteiger partial charge in [0, 0.05) is 31.8 Å². The van der Waals surface area contributed by atoms with Crippen molar-refractivity contribution in [2.45, 2.75) is 23.1 Å². The molecule has 2 aromatic heterocycles. The molecule has 1 fully saturated rings. The maximum atomic E-state index is 13.7. The van der Waals surface area contributed by atoms with E-state index in [-0.39, 0.29) is 22.3 Å². The highest BCUT2D eigenvalue weighted by atomic mass is 35.5. The topological polar surface area (TPSA) is 117 Å². The van der Waals surface area contributed by atoms with E-state index in [0.717, 1.165) is 11.3 Å². The van der Waals surface area contributed by atoms with E-state index in [2.05, 4.69) is 4.98 Å². The summed E-state index contributed by atoms with van der Waals surface area (Å²) in [6.07, 6.45) is 0.953. The van der Waals surface area contributed by atoms with E-state index in [9.17, 15) is 23.3 Å². The van der Waals surface area contributed by atoms with Gasteiger partial charge in [0.25, 0.3) is 15.7 Å². The molecule has 1 saturated heterocycles. The van der Waals surface area contributed by atoms with Crippen LogP contribution in [0.3, 0.4) is 0 Å². The van der Waals surface area contributed by atoms with Gasteiger partial charge in [0.2, 0.25) is 5.91 Å². The molecule has 1 atom stereocenters. The average Bonchev–Trinajstić information content (AvgIpc) is 3.52. The van der Waals surface area contributed by atoms with Crippen LogP contribution in [0.4, 0.5) is 10.8 Å². The zero-order chi connectivity index (χ0) is 24.6. The van der Waals surface area contributed by atoms with Gasteiger partial charge in [-0.15, -0.1) is 11.3 Å². The molecule has 0 spiro atoms. The fraction of sp³-hybridized carbons (Fsp3) is 0.400. The number of nitro groups is 1. The Hall–Kier alpha value is -2.16. The maximum Gasteiger partial charge on any atom is 0.270 e. The van der Waals surface area contributed by atoms with E-state index >= 15 is 0 Å². The molecule has 1 aromatic carbocycles. The summed E-state index contributed by atoms with van der Waals surface area (Å²) in [5.74, 6) is -0.362. The van der Waals surface area contributed by atoms with Gasteiger partial charge in [0.15, 0.2) is 5.13 Å². The normalized spacial score (nSPS) is 17.0. The van der Waals surface area contributed by atoms with E-state index < -0.39 is 21.0 Å². The zero-order valence-corrected chi connectivity index (χ0v) is 21.6. The van der Waals surface area contributed by atoms with Crippen LogP contribution in [-0.4, -0.2) is 73.2 Å². The fourth-order valence-corrected chi connectivity index (χ4v) is 8.03. The van der Waals surface area contributed by atoms with Crippen LogP contribution in [-0.2, 0) is 14.8 Å².